The van der Waals surface area contributed by atoms with Crippen LogP contribution in [0, 0.1) is 23.7 Å². The van der Waals surface area contributed by atoms with Crippen molar-refractivity contribution in [3.63, 3.8) is 0 Å². The van der Waals surface area contributed by atoms with Crippen molar-refractivity contribution in [3.8, 4) is 0 Å². The Hall–Kier alpha value is -0.370. The van der Waals surface area contributed by atoms with Gasteiger partial charge in [0.1, 0.15) is 6.29 Å². The lowest BCUT2D eigenvalue weighted by Crippen LogP contribution is -2.23. The highest BCUT2D eigenvalue weighted by Gasteiger charge is 2.43. The Balaban J connectivity index is 1.82. The maximum Gasteiger partial charge on any atom is 0.123 e. The fourth-order valence-corrected chi connectivity index (χ4v) is 2.59. The van der Waals surface area contributed by atoms with Crippen LogP contribution in [0.2, 0.25) is 0 Å². The molecule has 3 atom stereocenters. The van der Waals surface area contributed by atoms with Gasteiger partial charge >= 0.3 is 0 Å². The smallest absolute Gasteiger partial charge is 0.123 e. The highest BCUT2D eigenvalue weighted by atomic mass is 16.5. The predicted octanol–water partition coefficient (Wildman–Crippen LogP) is 1.88. The lowest BCUT2D eigenvalue weighted by atomic mass is 9.83. The third-order valence-corrected chi connectivity index (χ3v) is 3.75. The van der Waals surface area contributed by atoms with E-state index in [1.807, 2.05) is 0 Å². The Bertz CT molecular complexity index is 185. The average molecular weight is 182 g/mol. The maximum absolute atomic E-state index is 10.5. The van der Waals surface area contributed by atoms with Gasteiger partial charge in [0.05, 0.1) is 0 Å². The summed E-state index contributed by atoms with van der Waals surface area (Å²) in [5, 5.41) is 0. The van der Waals surface area contributed by atoms with Crippen LogP contribution in [0.5, 0.6) is 0 Å². The summed E-state index contributed by atoms with van der Waals surface area (Å²) in [6, 6.07) is 0. The van der Waals surface area contributed by atoms with E-state index in [1.54, 1.807) is 0 Å². The summed E-state index contributed by atoms with van der Waals surface area (Å²) in [5.74, 6) is 2.63. The molecule has 2 aliphatic rings. The number of hydrogen-bond donors (Lipinski definition) is 0. The molecule has 0 radical (unpaired) electrons. The second-order valence-corrected chi connectivity index (χ2v) is 4.51. The minimum Gasteiger partial charge on any atom is -0.381 e. The number of carbonyl (C=O) groups is 1. The first kappa shape index (κ1) is 9.20. The van der Waals surface area contributed by atoms with Crippen LogP contribution in [-0.2, 0) is 9.53 Å². The molecule has 1 saturated heterocycles. The monoisotopic (exact) mass is 182 g/mol. The van der Waals surface area contributed by atoms with Gasteiger partial charge in [0.15, 0.2) is 0 Å². The van der Waals surface area contributed by atoms with Gasteiger partial charge in [-0.2, -0.15) is 0 Å². The topological polar surface area (TPSA) is 26.3 Å². The minimum absolute atomic E-state index is 0.387. The zero-order valence-corrected chi connectivity index (χ0v) is 8.24. The number of ether oxygens (including phenoxy) is 1. The van der Waals surface area contributed by atoms with Crippen molar-refractivity contribution in [2.75, 3.05) is 13.2 Å². The van der Waals surface area contributed by atoms with Crippen LogP contribution >= 0.6 is 0 Å². The van der Waals surface area contributed by atoms with Gasteiger partial charge in [-0.15, -0.1) is 0 Å². The Labute approximate surface area is 79.7 Å². The largest absolute Gasteiger partial charge is 0.381 e. The standard InChI is InChI=1S/C11H18O2/c1-8(11-6-10(11)7-12)9-2-4-13-5-3-9/h7-11H,2-6H2,1H3. The van der Waals surface area contributed by atoms with Gasteiger partial charge in [-0.25, -0.2) is 0 Å². The van der Waals surface area contributed by atoms with Crippen molar-refractivity contribution >= 4 is 6.29 Å². The third-order valence-electron chi connectivity index (χ3n) is 3.75. The molecule has 0 aromatic carbocycles. The molecule has 2 nitrogen and oxygen atoms in total. The van der Waals surface area contributed by atoms with Gasteiger partial charge in [-0.05, 0) is 37.0 Å². The molecule has 1 aliphatic carbocycles. The number of carbonyl (C=O) groups excluding carboxylic acids is 1. The SMILES string of the molecule is CC(C1CCOCC1)C1CC1C=O. The van der Waals surface area contributed by atoms with Gasteiger partial charge in [0.2, 0.25) is 0 Å². The first-order valence-electron chi connectivity index (χ1n) is 5.36. The molecular formula is C11H18O2. The van der Waals surface area contributed by atoms with E-state index in [2.05, 4.69) is 6.92 Å². The summed E-state index contributed by atoms with van der Waals surface area (Å²) < 4.78 is 5.33. The molecule has 1 heterocycles. The molecule has 0 amide bonds. The molecule has 0 spiro atoms. The summed E-state index contributed by atoms with van der Waals surface area (Å²) in [4.78, 5) is 10.5. The van der Waals surface area contributed by atoms with E-state index in [0.717, 1.165) is 37.8 Å². The average Bonchev–Trinajstić information content (AvgIpc) is 2.97. The lowest BCUT2D eigenvalue weighted by molar-refractivity contribution is -0.109. The highest BCUT2D eigenvalue weighted by molar-refractivity contribution is 5.58. The Kier molecular flexibility index (Phi) is 2.68. The molecule has 1 aliphatic heterocycles. The van der Waals surface area contributed by atoms with E-state index in [9.17, 15) is 4.79 Å². The van der Waals surface area contributed by atoms with Gasteiger partial charge in [0.25, 0.3) is 0 Å². The molecular weight excluding hydrogens is 164 g/mol. The van der Waals surface area contributed by atoms with Crippen LogP contribution in [0.25, 0.3) is 0 Å². The van der Waals surface area contributed by atoms with Crippen molar-refractivity contribution in [3.05, 3.63) is 0 Å². The molecule has 0 aromatic heterocycles. The van der Waals surface area contributed by atoms with Crippen LogP contribution in [0.1, 0.15) is 26.2 Å². The molecule has 0 aromatic rings. The van der Waals surface area contributed by atoms with Crippen LogP contribution < -0.4 is 0 Å². The van der Waals surface area contributed by atoms with Crippen LogP contribution in [0.4, 0.5) is 0 Å². The summed E-state index contributed by atoms with van der Waals surface area (Å²) in [7, 11) is 0. The number of aldehydes is 1. The van der Waals surface area contributed by atoms with Crippen molar-refractivity contribution in [2.24, 2.45) is 23.7 Å². The molecule has 2 fully saturated rings. The predicted molar refractivity (Wildman–Crippen MR) is 50.4 cm³/mol. The fraction of sp³-hybridized carbons (Fsp3) is 0.909. The van der Waals surface area contributed by atoms with Crippen LogP contribution in [-0.4, -0.2) is 19.5 Å². The summed E-state index contributed by atoms with van der Waals surface area (Å²) in [6.45, 7) is 4.16. The molecule has 2 heteroatoms. The van der Waals surface area contributed by atoms with E-state index in [-0.39, 0.29) is 0 Å². The normalized spacial score (nSPS) is 37.0. The summed E-state index contributed by atoms with van der Waals surface area (Å²) >= 11 is 0. The Morgan fingerprint density at radius 3 is 2.62 bits per heavy atom. The Morgan fingerprint density at radius 2 is 2.08 bits per heavy atom. The zero-order chi connectivity index (χ0) is 9.26. The Morgan fingerprint density at radius 1 is 1.38 bits per heavy atom. The molecule has 74 valence electrons. The van der Waals surface area contributed by atoms with Crippen molar-refractivity contribution in [1.82, 2.24) is 0 Å². The van der Waals surface area contributed by atoms with Gasteiger partial charge < -0.3 is 9.53 Å². The summed E-state index contributed by atoms with van der Waals surface area (Å²) in [6.07, 6.45) is 4.68. The number of rotatable bonds is 3. The second kappa shape index (κ2) is 3.79. The maximum atomic E-state index is 10.5. The third kappa shape index (κ3) is 1.93. The van der Waals surface area contributed by atoms with Gasteiger partial charge in [0, 0.05) is 19.1 Å². The zero-order valence-electron chi connectivity index (χ0n) is 8.24. The molecule has 0 N–H and O–H groups in total. The van der Waals surface area contributed by atoms with Crippen LogP contribution in [0.3, 0.4) is 0 Å². The minimum atomic E-state index is 0.387. The van der Waals surface area contributed by atoms with E-state index in [4.69, 9.17) is 4.74 Å². The van der Waals surface area contributed by atoms with Gasteiger partial charge in [-0.3, -0.25) is 0 Å². The highest BCUT2D eigenvalue weighted by Crippen LogP contribution is 2.47. The molecule has 0 bridgehead atoms. The second-order valence-electron chi connectivity index (χ2n) is 4.51. The van der Waals surface area contributed by atoms with Crippen molar-refractivity contribution in [2.45, 2.75) is 26.2 Å². The van der Waals surface area contributed by atoms with Crippen molar-refractivity contribution < 1.29 is 9.53 Å². The molecule has 2 rings (SSSR count). The van der Waals surface area contributed by atoms with E-state index < -0.39 is 0 Å². The van der Waals surface area contributed by atoms with Crippen LogP contribution in [0.15, 0.2) is 0 Å². The van der Waals surface area contributed by atoms with Gasteiger partial charge in [-0.1, -0.05) is 6.92 Å². The fourth-order valence-electron chi connectivity index (χ4n) is 2.59. The van der Waals surface area contributed by atoms with E-state index in [1.165, 1.54) is 12.8 Å². The van der Waals surface area contributed by atoms with E-state index >= 15 is 0 Å². The lowest BCUT2D eigenvalue weighted by Gasteiger charge is -2.27. The molecule has 1 saturated carbocycles. The molecule has 3 unspecified atom stereocenters. The number of hydrogen-bond acceptors (Lipinski definition) is 2. The first-order valence-corrected chi connectivity index (χ1v) is 5.36. The van der Waals surface area contributed by atoms with E-state index in [0.29, 0.717) is 11.8 Å². The summed E-state index contributed by atoms with van der Waals surface area (Å²) in [5.41, 5.74) is 0. The first-order chi connectivity index (χ1) is 6.33. The molecule has 13 heavy (non-hydrogen) atoms. The van der Waals surface area contributed by atoms with Crippen molar-refractivity contribution in [1.29, 1.82) is 0 Å². The quantitative estimate of drug-likeness (QED) is 0.623.